The molecule has 2 N–H and O–H groups in total. The van der Waals surface area contributed by atoms with Crippen molar-refractivity contribution in [3.05, 3.63) is 15.6 Å². The molecule has 0 saturated carbocycles. The van der Waals surface area contributed by atoms with Crippen LogP contribution >= 0.6 is 11.3 Å². The maximum atomic E-state index is 4.69. The van der Waals surface area contributed by atoms with Crippen LogP contribution in [0.3, 0.4) is 0 Å². The SMILES string of the molecule is CCc1nc(CCNC(=NC)NCC2CCCN2CC)sc1C. The molecule has 130 valence electrons. The molecule has 6 heteroatoms. The van der Waals surface area contributed by atoms with Crippen molar-refractivity contribution in [2.75, 3.05) is 33.2 Å². The Morgan fingerprint density at radius 2 is 2.22 bits per heavy atom. The van der Waals surface area contributed by atoms with E-state index in [1.807, 2.05) is 18.4 Å². The summed E-state index contributed by atoms with van der Waals surface area (Å²) in [7, 11) is 1.84. The van der Waals surface area contributed by atoms with Gasteiger partial charge in [-0.05, 0) is 39.3 Å². The number of hydrogen-bond acceptors (Lipinski definition) is 4. The zero-order valence-corrected chi connectivity index (χ0v) is 15.8. The predicted octanol–water partition coefficient (Wildman–Crippen LogP) is 2.21. The molecular weight excluding hydrogens is 306 g/mol. The van der Waals surface area contributed by atoms with Crippen LogP contribution in [0, 0.1) is 6.92 Å². The van der Waals surface area contributed by atoms with Gasteiger partial charge in [0.05, 0.1) is 10.7 Å². The van der Waals surface area contributed by atoms with Crippen LogP contribution in [0.25, 0.3) is 0 Å². The van der Waals surface area contributed by atoms with E-state index >= 15 is 0 Å². The summed E-state index contributed by atoms with van der Waals surface area (Å²) in [6.45, 7) is 10.8. The van der Waals surface area contributed by atoms with Crippen LogP contribution in [0.15, 0.2) is 4.99 Å². The highest BCUT2D eigenvalue weighted by Gasteiger charge is 2.22. The first kappa shape index (κ1) is 18.2. The van der Waals surface area contributed by atoms with Crippen LogP contribution in [0.4, 0.5) is 0 Å². The topological polar surface area (TPSA) is 52.6 Å². The summed E-state index contributed by atoms with van der Waals surface area (Å²) >= 11 is 1.82. The molecule has 0 radical (unpaired) electrons. The van der Waals surface area contributed by atoms with E-state index in [2.05, 4.69) is 41.3 Å². The number of rotatable bonds is 7. The molecule has 1 atom stereocenters. The monoisotopic (exact) mass is 337 g/mol. The van der Waals surface area contributed by atoms with Gasteiger partial charge in [-0.2, -0.15) is 0 Å². The number of guanidine groups is 1. The van der Waals surface area contributed by atoms with Crippen LogP contribution in [-0.2, 0) is 12.8 Å². The van der Waals surface area contributed by atoms with E-state index in [-0.39, 0.29) is 0 Å². The van der Waals surface area contributed by atoms with Gasteiger partial charge in [-0.15, -0.1) is 11.3 Å². The van der Waals surface area contributed by atoms with E-state index in [4.69, 9.17) is 4.98 Å². The third-order valence-corrected chi connectivity index (χ3v) is 5.61. The van der Waals surface area contributed by atoms with E-state index in [0.717, 1.165) is 38.4 Å². The van der Waals surface area contributed by atoms with Crippen molar-refractivity contribution in [3.8, 4) is 0 Å². The van der Waals surface area contributed by atoms with Gasteiger partial charge in [0.2, 0.25) is 0 Å². The fourth-order valence-corrected chi connectivity index (χ4v) is 4.21. The Morgan fingerprint density at radius 1 is 1.39 bits per heavy atom. The van der Waals surface area contributed by atoms with Gasteiger partial charge in [0.1, 0.15) is 0 Å². The van der Waals surface area contributed by atoms with E-state index < -0.39 is 0 Å². The Balaban J connectivity index is 1.72. The van der Waals surface area contributed by atoms with Crippen LogP contribution in [0.1, 0.15) is 42.3 Å². The molecule has 5 nitrogen and oxygen atoms in total. The molecule has 0 spiro atoms. The number of likely N-dealkylation sites (tertiary alicyclic amines) is 1. The van der Waals surface area contributed by atoms with E-state index in [0.29, 0.717) is 6.04 Å². The number of hydrogen-bond donors (Lipinski definition) is 2. The predicted molar refractivity (Wildman–Crippen MR) is 99.6 cm³/mol. The second-order valence-electron chi connectivity index (χ2n) is 6.02. The maximum Gasteiger partial charge on any atom is 0.191 e. The fourth-order valence-electron chi connectivity index (χ4n) is 3.19. The summed E-state index contributed by atoms with van der Waals surface area (Å²) in [5.74, 6) is 0.900. The second-order valence-corrected chi connectivity index (χ2v) is 7.31. The van der Waals surface area contributed by atoms with Gasteiger partial charge in [0.25, 0.3) is 0 Å². The average molecular weight is 338 g/mol. The summed E-state index contributed by atoms with van der Waals surface area (Å²) in [5.41, 5.74) is 1.24. The molecule has 1 aliphatic heterocycles. The summed E-state index contributed by atoms with van der Waals surface area (Å²) in [4.78, 5) is 12.9. The molecule has 1 aromatic heterocycles. The number of likely N-dealkylation sites (N-methyl/N-ethyl adjacent to an activating group) is 1. The van der Waals surface area contributed by atoms with Crippen molar-refractivity contribution in [1.29, 1.82) is 0 Å². The molecule has 0 amide bonds. The Labute approximate surface area is 144 Å². The van der Waals surface area contributed by atoms with Gasteiger partial charge in [0, 0.05) is 37.5 Å². The zero-order valence-electron chi connectivity index (χ0n) is 15.0. The van der Waals surface area contributed by atoms with E-state index in [1.165, 1.54) is 35.0 Å². The normalized spacial score (nSPS) is 19.3. The Morgan fingerprint density at radius 3 is 2.87 bits per heavy atom. The lowest BCUT2D eigenvalue weighted by atomic mass is 10.2. The summed E-state index contributed by atoms with van der Waals surface area (Å²) in [5, 5.41) is 8.10. The van der Waals surface area contributed by atoms with Crippen LogP contribution in [0.2, 0.25) is 0 Å². The number of aryl methyl sites for hydroxylation is 2. The van der Waals surface area contributed by atoms with Crippen molar-refractivity contribution in [3.63, 3.8) is 0 Å². The molecule has 0 bridgehead atoms. The molecular formula is C17H31N5S. The highest BCUT2D eigenvalue weighted by molar-refractivity contribution is 7.11. The first-order chi connectivity index (χ1) is 11.2. The third kappa shape index (κ3) is 5.18. The molecule has 1 unspecified atom stereocenters. The Kier molecular flexibility index (Phi) is 7.30. The van der Waals surface area contributed by atoms with Gasteiger partial charge >= 0.3 is 0 Å². The minimum Gasteiger partial charge on any atom is -0.356 e. The highest BCUT2D eigenvalue weighted by atomic mass is 32.1. The molecule has 2 rings (SSSR count). The zero-order chi connectivity index (χ0) is 16.7. The maximum absolute atomic E-state index is 4.69. The number of thiazole rings is 1. The minimum absolute atomic E-state index is 0.646. The van der Waals surface area contributed by atoms with Crippen molar-refractivity contribution in [2.24, 2.45) is 4.99 Å². The summed E-state index contributed by atoms with van der Waals surface area (Å²) in [6, 6.07) is 0.646. The number of aromatic nitrogens is 1. The van der Waals surface area contributed by atoms with Crippen LogP contribution in [0.5, 0.6) is 0 Å². The van der Waals surface area contributed by atoms with Crippen molar-refractivity contribution < 1.29 is 0 Å². The van der Waals surface area contributed by atoms with Gasteiger partial charge < -0.3 is 10.6 Å². The van der Waals surface area contributed by atoms with Gasteiger partial charge in [-0.3, -0.25) is 9.89 Å². The first-order valence-corrected chi connectivity index (χ1v) is 9.63. The standard InChI is InChI=1S/C17H31N5S/c1-5-15-13(3)23-16(21-15)9-10-19-17(18-4)20-12-14-8-7-11-22(14)6-2/h14H,5-12H2,1-4H3,(H2,18,19,20). The van der Waals surface area contributed by atoms with Crippen molar-refractivity contribution in [1.82, 2.24) is 20.5 Å². The van der Waals surface area contributed by atoms with Gasteiger partial charge in [-0.1, -0.05) is 13.8 Å². The highest BCUT2D eigenvalue weighted by Crippen LogP contribution is 2.18. The number of nitrogens with one attached hydrogen (secondary N) is 2. The van der Waals surface area contributed by atoms with Crippen LogP contribution in [-0.4, -0.2) is 55.1 Å². The number of aliphatic imine (C=N–C) groups is 1. The number of nitrogens with zero attached hydrogens (tertiary/aromatic N) is 3. The second kappa shape index (κ2) is 9.23. The van der Waals surface area contributed by atoms with Gasteiger partial charge in [0.15, 0.2) is 5.96 Å². The van der Waals surface area contributed by atoms with Crippen molar-refractivity contribution >= 4 is 17.3 Å². The molecule has 23 heavy (non-hydrogen) atoms. The third-order valence-electron chi connectivity index (χ3n) is 4.54. The average Bonchev–Trinajstić information content (AvgIpc) is 3.16. The molecule has 2 heterocycles. The first-order valence-electron chi connectivity index (χ1n) is 8.81. The lowest BCUT2D eigenvalue weighted by molar-refractivity contribution is 0.267. The molecule has 0 aromatic carbocycles. The van der Waals surface area contributed by atoms with Gasteiger partial charge in [-0.25, -0.2) is 4.98 Å². The largest absolute Gasteiger partial charge is 0.356 e. The molecule has 1 fully saturated rings. The summed E-state index contributed by atoms with van der Waals surface area (Å²) in [6.07, 6.45) is 4.58. The van der Waals surface area contributed by atoms with Crippen molar-refractivity contribution in [2.45, 2.75) is 52.5 Å². The lowest BCUT2D eigenvalue weighted by Crippen LogP contribution is -2.45. The molecule has 1 aliphatic rings. The van der Waals surface area contributed by atoms with E-state index in [1.54, 1.807) is 0 Å². The Hall–Kier alpha value is -1.14. The smallest absolute Gasteiger partial charge is 0.191 e. The fraction of sp³-hybridized carbons (Fsp3) is 0.765. The van der Waals surface area contributed by atoms with Crippen LogP contribution < -0.4 is 10.6 Å². The minimum atomic E-state index is 0.646. The molecule has 1 saturated heterocycles. The Bertz CT molecular complexity index is 511. The lowest BCUT2D eigenvalue weighted by Gasteiger charge is -2.23. The quantitative estimate of drug-likeness (QED) is 0.592. The molecule has 0 aliphatic carbocycles. The molecule has 1 aromatic rings. The van der Waals surface area contributed by atoms with E-state index in [9.17, 15) is 0 Å². The summed E-state index contributed by atoms with van der Waals surface area (Å²) < 4.78 is 0.